The van der Waals surface area contributed by atoms with Crippen LogP contribution >= 0.6 is 0 Å². The smallest absolute Gasteiger partial charge is 0.115 e. The first kappa shape index (κ1) is 10.4. The van der Waals surface area contributed by atoms with Gasteiger partial charge in [0, 0.05) is 6.54 Å². The van der Waals surface area contributed by atoms with E-state index in [-0.39, 0.29) is 6.04 Å². The van der Waals surface area contributed by atoms with Crippen LogP contribution in [0, 0.1) is 0 Å². The molecule has 3 rings (SSSR count). The molecule has 1 aliphatic heterocycles. The number of aromatic hydroxyl groups is 1. The van der Waals surface area contributed by atoms with Crippen molar-refractivity contribution in [3.05, 3.63) is 65.2 Å². The molecule has 17 heavy (non-hydrogen) atoms. The molecule has 0 fully saturated rings. The minimum absolute atomic E-state index is 0.251. The summed E-state index contributed by atoms with van der Waals surface area (Å²) in [5.74, 6) is 0.317. The van der Waals surface area contributed by atoms with Gasteiger partial charge in [0.2, 0.25) is 0 Å². The third-order valence-electron chi connectivity index (χ3n) is 3.34. The molecule has 1 unspecified atom stereocenters. The monoisotopic (exact) mass is 225 g/mol. The summed E-state index contributed by atoms with van der Waals surface area (Å²) in [7, 11) is 0. The van der Waals surface area contributed by atoms with E-state index in [1.165, 1.54) is 16.7 Å². The van der Waals surface area contributed by atoms with Crippen molar-refractivity contribution in [1.82, 2.24) is 5.32 Å². The summed E-state index contributed by atoms with van der Waals surface area (Å²) >= 11 is 0. The summed E-state index contributed by atoms with van der Waals surface area (Å²) in [5.41, 5.74) is 3.98. The van der Waals surface area contributed by atoms with Gasteiger partial charge in [-0.3, -0.25) is 0 Å². The van der Waals surface area contributed by atoms with Gasteiger partial charge in [-0.15, -0.1) is 0 Å². The van der Waals surface area contributed by atoms with Gasteiger partial charge in [0.1, 0.15) is 5.75 Å². The number of hydrogen-bond acceptors (Lipinski definition) is 2. The van der Waals surface area contributed by atoms with Crippen molar-refractivity contribution in [1.29, 1.82) is 0 Å². The molecule has 2 aromatic rings. The van der Waals surface area contributed by atoms with Gasteiger partial charge in [-0.25, -0.2) is 0 Å². The van der Waals surface area contributed by atoms with Crippen LogP contribution in [0.25, 0.3) is 0 Å². The SMILES string of the molecule is Oc1ccc(C2NCCc3ccccc32)cc1. The topological polar surface area (TPSA) is 32.3 Å². The van der Waals surface area contributed by atoms with Gasteiger partial charge in [-0.1, -0.05) is 36.4 Å². The molecule has 0 amide bonds. The van der Waals surface area contributed by atoms with Crippen LogP contribution in [-0.2, 0) is 6.42 Å². The molecule has 0 saturated carbocycles. The highest BCUT2D eigenvalue weighted by molar-refractivity contribution is 5.40. The molecule has 2 N–H and O–H groups in total. The molecular formula is C15H15NO. The van der Waals surface area contributed by atoms with Crippen molar-refractivity contribution in [2.24, 2.45) is 0 Å². The lowest BCUT2D eigenvalue weighted by molar-refractivity contribution is 0.474. The van der Waals surface area contributed by atoms with Crippen LogP contribution in [0.15, 0.2) is 48.5 Å². The van der Waals surface area contributed by atoms with Crippen molar-refractivity contribution in [3.8, 4) is 5.75 Å². The Hall–Kier alpha value is -1.80. The molecular weight excluding hydrogens is 210 g/mol. The molecule has 0 aliphatic carbocycles. The molecule has 2 nitrogen and oxygen atoms in total. The minimum Gasteiger partial charge on any atom is -0.508 e. The maximum atomic E-state index is 9.33. The van der Waals surface area contributed by atoms with E-state index in [1.54, 1.807) is 12.1 Å². The highest BCUT2D eigenvalue weighted by Gasteiger charge is 2.20. The number of benzene rings is 2. The lowest BCUT2D eigenvalue weighted by atomic mass is 9.90. The highest BCUT2D eigenvalue weighted by atomic mass is 16.3. The first-order valence-corrected chi connectivity index (χ1v) is 5.95. The maximum Gasteiger partial charge on any atom is 0.115 e. The van der Waals surface area contributed by atoms with E-state index < -0.39 is 0 Å². The van der Waals surface area contributed by atoms with E-state index in [0.717, 1.165) is 13.0 Å². The molecule has 2 aromatic carbocycles. The molecule has 0 radical (unpaired) electrons. The summed E-state index contributed by atoms with van der Waals surface area (Å²) in [6.07, 6.45) is 1.09. The van der Waals surface area contributed by atoms with E-state index >= 15 is 0 Å². The van der Waals surface area contributed by atoms with Crippen molar-refractivity contribution in [2.45, 2.75) is 12.5 Å². The zero-order valence-electron chi connectivity index (χ0n) is 9.56. The normalized spacial score (nSPS) is 18.7. The first-order valence-electron chi connectivity index (χ1n) is 5.95. The third-order valence-corrected chi connectivity index (χ3v) is 3.34. The fourth-order valence-electron chi connectivity index (χ4n) is 2.47. The van der Waals surface area contributed by atoms with Crippen molar-refractivity contribution < 1.29 is 5.11 Å². The van der Waals surface area contributed by atoms with E-state index in [1.807, 2.05) is 12.1 Å². The van der Waals surface area contributed by atoms with Crippen LogP contribution in [0.3, 0.4) is 0 Å². The second kappa shape index (κ2) is 4.22. The number of fused-ring (bicyclic) bond motifs is 1. The number of nitrogens with one attached hydrogen (secondary N) is 1. The molecule has 0 spiro atoms. The Balaban J connectivity index is 2.03. The Morgan fingerprint density at radius 2 is 1.76 bits per heavy atom. The van der Waals surface area contributed by atoms with Gasteiger partial charge in [-0.2, -0.15) is 0 Å². The van der Waals surface area contributed by atoms with Gasteiger partial charge >= 0.3 is 0 Å². The molecule has 0 saturated heterocycles. The average molecular weight is 225 g/mol. The van der Waals surface area contributed by atoms with Gasteiger partial charge in [-0.05, 0) is 35.2 Å². The fourth-order valence-corrected chi connectivity index (χ4v) is 2.47. The number of hydrogen-bond donors (Lipinski definition) is 2. The summed E-state index contributed by atoms with van der Waals surface area (Å²) < 4.78 is 0. The van der Waals surface area contributed by atoms with Crippen LogP contribution in [0.5, 0.6) is 5.75 Å². The molecule has 1 atom stereocenters. The molecule has 0 bridgehead atoms. The lowest BCUT2D eigenvalue weighted by Crippen LogP contribution is -2.30. The highest BCUT2D eigenvalue weighted by Crippen LogP contribution is 2.29. The van der Waals surface area contributed by atoms with Gasteiger partial charge in [0.25, 0.3) is 0 Å². The standard InChI is InChI=1S/C15H15NO/c17-13-7-5-12(6-8-13)15-14-4-2-1-3-11(14)9-10-16-15/h1-8,15-17H,9-10H2. The number of phenolic OH excluding ortho intramolecular Hbond substituents is 1. The molecule has 86 valence electrons. The Morgan fingerprint density at radius 1 is 1.00 bits per heavy atom. The number of phenols is 1. The van der Waals surface area contributed by atoms with Gasteiger partial charge in [0.15, 0.2) is 0 Å². The Bertz CT molecular complexity index is 519. The first-order chi connectivity index (χ1) is 8.34. The fraction of sp³-hybridized carbons (Fsp3) is 0.200. The molecule has 2 heteroatoms. The molecule has 1 heterocycles. The zero-order chi connectivity index (χ0) is 11.7. The predicted octanol–water partition coefficient (Wildman–Crippen LogP) is 2.63. The van der Waals surface area contributed by atoms with E-state index in [9.17, 15) is 5.11 Å². The Morgan fingerprint density at radius 3 is 2.59 bits per heavy atom. The summed E-state index contributed by atoms with van der Waals surface area (Å²) in [6.45, 7) is 1.00. The second-order valence-corrected chi connectivity index (χ2v) is 4.43. The van der Waals surface area contributed by atoms with Crippen molar-refractivity contribution >= 4 is 0 Å². The largest absolute Gasteiger partial charge is 0.508 e. The second-order valence-electron chi connectivity index (χ2n) is 4.43. The summed E-state index contributed by atoms with van der Waals surface area (Å²) in [5, 5.41) is 12.9. The zero-order valence-corrected chi connectivity index (χ0v) is 9.56. The van der Waals surface area contributed by atoms with Crippen LogP contribution in [0.2, 0.25) is 0 Å². The van der Waals surface area contributed by atoms with Crippen molar-refractivity contribution in [2.75, 3.05) is 6.54 Å². The number of rotatable bonds is 1. The van der Waals surface area contributed by atoms with E-state index in [4.69, 9.17) is 0 Å². The molecule has 1 aliphatic rings. The molecule has 0 aromatic heterocycles. The Kier molecular flexibility index (Phi) is 2.57. The summed E-state index contributed by atoms with van der Waals surface area (Å²) in [4.78, 5) is 0. The van der Waals surface area contributed by atoms with Crippen LogP contribution < -0.4 is 5.32 Å². The van der Waals surface area contributed by atoms with Crippen molar-refractivity contribution in [3.63, 3.8) is 0 Å². The van der Waals surface area contributed by atoms with Crippen LogP contribution in [-0.4, -0.2) is 11.7 Å². The van der Waals surface area contributed by atoms with Gasteiger partial charge < -0.3 is 10.4 Å². The predicted molar refractivity (Wildman–Crippen MR) is 68.1 cm³/mol. The van der Waals surface area contributed by atoms with Gasteiger partial charge in [0.05, 0.1) is 6.04 Å². The lowest BCUT2D eigenvalue weighted by Gasteiger charge is -2.27. The Labute approximate surface area is 101 Å². The third kappa shape index (κ3) is 1.92. The van der Waals surface area contributed by atoms with E-state index in [0.29, 0.717) is 5.75 Å². The summed E-state index contributed by atoms with van der Waals surface area (Å²) in [6, 6.07) is 16.3. The van der Waals surface area contributed by atoms with E-state index in [2.05, 4.69) is 29.6 Å². The quantitative estimate of drug-likeness (QED) is 0.782. The minimum atomic E-state index is 0.251. The maximum absolute atomic E-state index is 9.33. The van der Waals surface area contributed by atoms with Crippen LogP contribution in [0.4, 0.5) is 0 Å². The average Bonchev–Trinajstić information content (AvgIpc) is 2.39. The van der Waals surface area contributed by atoms with Crippen LogP contribution in [0.1, 0.15) is 22.7 Å².